The minimum absolute atomic E-state index is 0.0881. The van der Waals surface area contributed by atoms with Crippen molar-refractivity contribution in [2.75, 3.05) is 19.6 Å². The Morgan fingerprint density at radius 3 is 2.62 bits per heavy atom. The van der Waals surface area contributed by atoms with E-state index in [9.17, 15) is 9.59 Å². The summed E-state index contributed by atoms with van der Waals surface area (Å²) in [5, 5.41) is 11.7. The number of hydrogen-bond donors (Lipinski definition) is 2. The fraction of sp³-hybridized carbons (Fsp3) is 0.875. The average molecular weight is 298 g/mol. The largest absolute Gasteiger partial charge is 0.481 e. The standard InChI is InChI=1S/C16H30N2O3/c1-12(2)4-5-13(3)17-15(19)11-18-9-8-14(10-18)6-7-16(20)21/h12-14H,4-11H2,1-3H3,(H,17,19)(H,20,21). The van der Waals surface area contributed by atoms with Crippen molar-refractivity contribution in [3.05, 3.63) is 0 Å². The number of likely N-dealkylation sites (tertiary alicyclic amines) is 1. The summed E-state index contributed by atoms with van der Waals surface area (Å²) in [4.78, 5) is 24.7. The molecule has 0 aliphatic carbocycles. The van der Waals surface area contributed by atoms with Gasteiger partial charge in [-0.2, -0.15) is 0 Å². The van der Waals surface area contributed by atoms with Gasteiger partial charge in [0.05, 0.1) is 6.54 Å². The van der Waals surface area contributed by atoms with Gasteiger partial charge in [0.1, 0.15) is 0 Å². The normalized spacial score (nSPS) is 20.7. The predicted molar refractivity (Wildman–Crippen MR) is 83.1 cm³/mol. The highest BCUT2D eigenvalue weighted by Crippen LogP contribution is 2.20. The van der Waals surface area contributed by atoms with Gasteiger partial charge in [-0.15, -0.1) is 0 Å². The molecule has 1 aliphatic rings. The Morgan fingerprint density at radius 1 is 1.29 bits per heavy atom. The maximum atomic E-state index is 12.0. The van der Waals surface area contributed by atoms with Crippen molar-refractivity contribution < 1.29 is 14.7 Å². The monoisotopic (exact) mass is 298 g/mol. The second kappa shape index (κ2) is 9.03. The van der Waals surface area contributed by atoms with Crippen LogP contribution in [0.4, 0.5) is 0 Å². The Kier molecular flexibility index (Phi) is 7.72. The molecule has 0 radical (unpaired) electrons. The summed E-state index contributed by atoms with van der Waals surface area (Å²) in [5.41, 5.74) is 0. The van der Waals surface area contributed by atoms with Crippen molar-refractivity contribution in [3.8, 4) is 0 Å². The number of rotatable bonds is 9. The van der Waals surface area contributed by atoms with E-state index in [-0.39, 0.29) is 18.4 Å². The molecule has 1 saturated heterocycles. The third-order valence-electron chi connectivity index (χ3n) is 4.09. The van der Waals surface area contributed by atoms with Crippen molar-refractivity contribution >= 4 is 11.9 Å². The lowest BCUT2D eigenvalue weighted by molar-refractivity contribution is -0.137. The van der Waals surface area contributed by atoms with Crippen LogP contribution in [-0.4, -0.2) is 47.6 Å². The topological polar surface area (TPSA) is 69.6 Å². The third-order valence-corrected chi connectivity index (χ3v) is 4.09. The number of nitrogens with zero attached hydrogens (tertiary/aromatic N) is 1. The summed E-state index contributed by atoms with van der Waals surface area (Å²) < 4.78 is 0. The molecule has 5 heteroatoms. The van der Waals surface area contributed by atoms with Gasteiger partial charge in [-0.1, -0.05) is 13.8 Å². The zero-order chi connectivity index (χ0) is 15.8. The van der Waals surface area contributed by atoms with E-state index in [2.05, 4.69) is 31.0 Å². The number of nitrogens with one attached hydrogen (secondary N) is 1. The van der Waals surface area contributed by atoms with Crippen LogP contribution in [0, 0.1) is 11.8 Å². The molecule has 0 spiro atoms. The maximum Gasteiger partial charge on any atom is 0.303 e. The van der Waals surface area contributed by atoms with Crippen LogP contribution in [0.1, 0.15) is 52.9 Å². The van der Waals surface area contributed by atoms with Gasteiger partial charge in [-0.05, 0) is 51.0 Å². The number of amides is 1. The Hall–Kier alpha value is -1.10. The predicted octanol–water partition coefficient (Wildman–Crippen LogP) is 2.11. The van der Waals surface area contributed by atoms with E-state index >= 15 is 0 Å². The van der Waals surface area contributed by atoms with Crippen LogP contribution < -0.4 is 5.32 Å². The SMILES string of the molecule is CC(C)CCC(C)NC(=O)CN1CCC(CCC(=O)O)C1. The van der Waals surface area contributed by atoms with Crippen molar-refractivity contribution in [2.45, 2.75) is 58.9 Å². The molecule has 1 rings (SSSR count). The van der Waals surface area contributed by atoms with E-state index in [0.717, 1.165) is 38.8 Å². The van der Waals surface area contributed by atoms with Gasteiger partial charge in [0.2, 0.25) is 5.91 Å². The van der Waals surface area contributed by atoms with E-state index < -0.39 is 5.97 Å². The molecule has 5 nitrogen and oxygen atoms in total. The van der Waals surface area contributed by atoms with E-state index in [4.69, 9.17) is 5.11 Å². The Labute approximate surface area is 128 Å². The van der Waals surface area contributed by atoms with Crippen LogP contribution in [0.3, 0.4) is 0 Å². The smallest absolute Gasteiger partial charge is 0.303 e. The number of hydrogen-bond acceptors (Lipinski definition) is 3. The first-order valence-electron chi connectivity index (χ1n) is 8.10. The molecule has 0 aromatic heterocycles. The first kappa shape index (κ1) is 18.0. The first-order chi connectivity index (χ1) is 9.86. The molecule has 2 unspecified atom stereocenters. The maximum absolute atomic E-state index is 12.0. The Bertz CT molecular complexity index is 344. The Balaban J connectivity index is 2.19. The van der Waals surface area contributed by atoms with Gasteiger partial charge >= 0.3 is 5.97 Å². The minimum atomic E-state index is -0.731. The molecule has 2 atom stereocenters. The summed E-state index contributed by atoms with van der Waals surface area (Å²) >= 11 is 0. The third kappa shape index (κ3) is 8.05. The van der Waals surface area contributed by atoms with Gasteiger partial charge in [-0.3, -0.25) is 14.5 Å². The van der Waals surface area contributed by atoms with E-state index in [1.807, 2.05) is 0 Å². The molecule has 0 saturated carbocycles. The lowest BCUT2D eigenvalue weighted by atomic mass is 10.0. The zero-order valence-electron chi connectivity index (χ0n) is 13.6. The molecule has 2 N–H and O–H groups in total. The lowest BCUT2D eigenvalue weighted by Crippen LogP contribution is -2.40. The highest BCUT2D eigenvalue weighted by molar-refractivity contribution is 5.78. The summed E-state index contributed by atoms with van der Waals surface area (Å²) in [6.45, 7) is 8.63. The van der Waals surface area contributed by atoms with Crippen molar-refractivity contribution in [3.63, 3.8) is 0 Å². The van der Waals surface area contributed by atoms with Crippen molar-refractivity contribution in [1.29, 1.82) is 0 Å². The van der Waals surface area contributed by atoms with Gasteiger partial charge in [0.25, 0.3) is 0 Å². The molecule has 0 bridgehead atoms. The van der Waals surface area contributed by atoms with Gasteiger partial charge in [0.15, 0.2) is 0 Å². The molecule has 21 heavy (non-hydrogen) atoms. The molecule has 1 aliphatic heterocycles. The number of carbonyl (C=O) groups excluding carboxylic acids is 1. The van der Waals surface area contributed by atoms with Crippen LogP contribution >= 0.6 is 0 Å². The van der Waals surface area contributed by atoms with Gasteiger partial charge < -0.3 is 10.4 Å². The number of carbonyl (C=O) groups is 2. The summed E-state index contributed by atoms with van der Waals surface area (Å²) in [5.74, 6) is 0.445. The summed E-state index contributed by atoms with van der Waals surface area (Å²) in [6, 6.07) is 0.227. The molecular weight excluding hydrogens is 268 g/mol. The van der Waals surface area contributed by atoms with E-state index in [1.54, 1.807) is 0 Å². The highest BCUT2D eigenvalue weighted by Gasteiger charge is 2.24. The van der Waals surface area contributed by atoms with Crippen LogP contribution in [-0.2, 0) is 9.59 Å². The summed E-state index contributed by atoms with van der Waals surface area (Å²) in [7, 11) is 0. The second-order valence-electron chi connectivity index (χ2n) is 6.76. The fourth-order valence-corrected chi connectivity index (χ4v) is 2.80. The first-order valence-corrected chi connectivity index (χ1v) is 8.10. The quantitative estimate of drug-likeness (QED) is 0.684. The zero-order valence-corrected chi connectivity index (χ0v) is 13.6. The number of carboxylic acid groups (broad SMARTS) is 1. The van der Waals surface area contributed by atoms with Crippen molar-refractivity contribution in [2.24, 2.45) is 11.8 Å². The highest BCUT2D eigenvalue weighted by atomic mass is 16.4. The van der Waals surface area contributed by atoms with Gasteiger partial charge in [-0.25, -0.2) is 0 Å². The molecule has 1 amide bonds. The van der Waals surface area contributed by atoms with Crippen LogP contribution in [0.25, 0.3) is 0 Å². The lowest BCUT2D eigenvalue weighted by Gasteiger charge is -2.19. The van der Waals surface area contributed by atoms with E-state index in [1.165, 1.54) is 0 Å². The number of carboxylic acids is 1. The Morgan fingerprint density at radius 2 is 2.00 bits per heavy atom. The van der Waals surface area contributed by atoms with Crippen LogP contribution in [0.2, 0.25) is 0 Å². The minimum Gasteiger partial charge on any atom is -0.481 e. The summed E-state index contributed by atoms with van der Waals surface area (Å²) in [6.07, 6.45) is 4.10. The fourth-order valence-electron chi connectivity index (χ4n) is 2.80. The second-order valence-corrected chi connectivity index (χ2v) is 6.76. The molecule has 0 aromatic rings. The number of aliphatic carboxylic acids is 1. The van der Waals surface area contributed by atoms with Crippen LogP contribution in [0.15, 0.2) is 0 Å². The molecule has 1 fully saturated rings. The van der Waals surface area contributed by atoms with Crippen molar-refractivity contribution in [1.82, 2.24) is 10.2 Å². The van der Waals surface area contributed by atoms with E-state index in [0.29, 0.717) is 18.4 Å². The molecule has 0 aromatic carbocycles. The molecule has 122 valence electrons. The van der Waals surface area contributed by atoms with Gasteiger partial charge in [0, 0.05) is 19.0 Å². The molecular formula is C16H30N2O3. The molecule has 1 heterocycles. The average Bonchev–Trinajstić information content (AvgIpc) is 2.81. The van der Waals surface area contributed by atoms with Crippen LogP contribution in [0.5, 0.6) is 0 Å².